The Morgan fingerprint density at radius 1 is 0.881 bits per heavy atom. The maximum atomic E-state index is 14.2. The topological polar surface area (TPSA) is 105 Å². The first-order valence-electron chi connectivity index (χ1n) is 13.1. The molecule has 3 aromatic rings. The van der Waals surface area contributed by atoms with Crippen molar-refractivity contribution in [1.29, 1.82) is 0 Å². The van der Waals surface area contributed by atoms with Crippen molar-refractivity contribution in [2.45, 2.75) is 38.9 Å². The number of hydrogen-bond donors (Lipinski definition) is 1. The molecule has 0 aliphatic heterocycles. The van der Waals surface area contributed by atoms with Crippen LogP contribution in [0, 0.1) is 0 Å². The zero-order chi connectivity index (χ0) is 31.0. The summed E-state index contributed by atoms with van der Waals surface area (Å²) < 4.78 is 37.6. The molecule has 0 bridgehead atoms. The Bertz CT molecular complexity index is 1500. The van der Waals surface area contributed by atoms with E-state index in [0.29, 0.717) is 22.1 Å². The first-order valence-corrected chi connectivity index (χ1v) is 15.7. The van der Waals surface area contributed by atoms with Crippen molar-refractivity contribution in [1.82, 2.24) is 10.2 Å². The molecule has 0 aliphatic rings. The lowest BCUT2D eigenvalue weighted by Crippen LogP contribution is -2.54. The summed E-state index contributed by atoms with van der Waals surface area (Å²) >= 11 is 12.4. The van der Waals surface area contributed by atoms with Crippen molar-refractivity contribution in [3.8, 4) is 11.5 Å². The monoisotopic (exact) mass is 635 g/mol. The molecule has 2 amide bonds. The molecule has 3 aromatic carbocycles. The largest absolute Gasteiger partial charge is 0.493 e. The maximum Gasteiger partial charge on any atom is 0.244 e. The number of carbonyl (C=O) groups excluding carboxylic acids is 2. The lowest BCUT2D eigenvalue weighted by molar-refractivity contribution is -0.140. The Balaban J connectivity index is 2.09. The summed E-state index contributed by atoms with van der Waals surface area (Å²) in [6.07, 6.45) is 1.20. The molecule has 0 aliphatic carbocycles. The zero-order valence-corrected chi connectivity index (χ0v) is 26.5. The van der Waals surface area contributed by atoms with Gasteiger partial charge in [-0.2, -0.15) is 0 Å². The predicted molar refractivity (Wildman–Crippen MR) is 166 cm³/mol. The zero-order valence-electron chi connectivity index (χ0n) is 24.1. The number of rotatable bonds is 13. The Hall–Kier alpha value is -3.47. The summed E-state index contributed by atoms with van der Waals surface area (Å²) in [6, 6.07) is 17.6. The third kappa shape index (κ3) is 8.77. The molecule has 1 atom stereocenters. The average molecular weight is 637 g/mol. The number of anilines is 1. The summed E-state index contributed by atoms with van der Waals surface area (Å²) in [5.41, 5.74) is 1.64. The highest BCUT2D eigenvalue weighted by Gasteiger charge is 2.33. The van der Waals surface area contributed by atoms with Crippen molar-refractivity contribution in [3.05, 3.63) is 87.9 Å². The Kier molecular flexibility index (Phi) is 11.5. The van der Waals surface area contributed by atoms with Crippen LogP contribution < -0.4 is 19.1 Å². The smallest absolute Gasteiger partial charge is 0.244 e. The fourth-order valence-corrected chi connectivity index (χ4v) is 5.53. The first-order chi connectivity index (χ1) is 19.8. The molecule has 42 heavy (non-hydrogen) atoms. The first kappa shape index (κ1) is 33.0. The second-order valence-corrected chi connectivity index (χ2v) is 12.7. The summed E-state index contributed by atoms with van der Waals surface area (Å²) in [4.78, 5) is 29.1. The van der Waals surface area contributed by atoms with Gasteiger partial charge in [-0.3, -0.25) is 13.9 Å². The number of nitrogens with one attached hydrogen (secondary N) is 1. The molecule has 0 saturated carbocycles. The van der Waals surface area contributed by atoms with Crippen LogP contribution in [-0.2, 0) is 32.6 Å². The minimum Gasteiger partial charge on any atom is -0.493 e. The van der Waals surface area contributed by atoms with Gasteiger partial charge in [0.05, 0.1) is 36.2 Å². The highest BCUT2D eigenvalue weighted by atomic mass is 35.5. The number of nitrogens with zero attached hydrogens (tertiary/aromatic N) is 2. The predicted octanol–water partition coefficient (Wildman–Crippen LogP) is 4.94. The molecular weight excluding hydrogens is 601 g/mol. The fraction of sp³-hybridized carbons (Fsp3) is 0.333. The van der Waals surface area contributed by atoms with Gasteiger partial charge in [-0.05, 0) is 49.2 Å². The van der Waals surface area contributed by atoms with Gasteiger partial charge < -0.3 is 19.7 Å². The van der Waals surface area contributed by atoms with Crippen LogP contribution in [0.3, 0.4) is 0 Å². The summed E-state index contributed by atoms with van der Waals surface area (Å²) in [5, 5.41) is 3.53. The van der Waals surface area contributed by atoms with E-state index < -0.39 is 28.5 Å². The van der Waals surface area contributed by atoms with Crippen molar-refractivity contribution in [2.75, 3.05) is 31.3 Å². The molecule has 9 nitrogen and oxygen atoms in total. The van der Waals surface area contributed by atoms with E-state index >= 15 is 0 Å². The van der Waals surface area contributed by atoms with Crippen molar-refractivity contribution in [2.24, 2.45) is 0 Å². The molecule has 0 fully saturated rings. The van der Waals surface area contributed by atoms with Crippen LogP contribution in [0.1, 0.15) is 25.0 Å². The van der Waals surface area contributed by atoms with Gasteiger partial charge in [-0.15, -0.1) is 0 Å². The van der Waals surface area contributed by atoms with E-state index in [1.165, 1.54) is 31.3 Å². The van der Waals surface area contributed by atoms with E-state index in [2.05, 4.69) is 5.32 Å². The molecule has 0 unspecified atom stereocenters. The fourth-order valence-electron chi connectivity index (χ4n) is 4.36. The van der Waals surface area contributed by atoms with E-state index in [0.717, 1.165) is 16.1 Å². The number of halogens is 2. The van der Waals surface area contributed by atoms with E-state index in [-0.39, 0.29) is 35.6 Å². The molecule has 226 valence electrons. The SMILES string of the molecule is COc1ccc(N(CC(=O)N(Cc2ccc(Cl)c(Cl)c2)[C@H](Cc2ccccc2)C(=O)NC(C)C)S(C)(=O)=O)cc1OC. The van der Waals surface area contributed by atoms with Crippen LogP contribution >= 0.6 is 23.2 Å². The van der Waals surface area contributed by atoms with E-state index in [4.69, 9.17) is 32.7 Å². The van der Waals surface area contributed by atoms with E-state index in [9.17, 15) is 18.0 Å². The number of carbonyl (C=O) groups is 2. The minimum atomic E-state index is -3.95. The van der Waals surface area contributed by atoms with E-state index in [1.54, 1.807) is 24.3 Å². The molecule has 0 radical (unpaired) electrons. The van der Waals surface area contributed by atoms with Gasteiger partial charge >= 0.3 is 0 Å². The van der Waals surface area contributed by atoms with Gasteiger partial charge in [0.15, 0.2) is 11.5 Å². The molecule has 0 aromatic heterocycles. The van der Waals surface area contributed by atoms with Crippen LogP contribution in [0.2, 0.25) is 10.0 Å². The van der Waals surface area contributed by atoms with Gasteiger partial charge in [0.25, 0.3) is 0 Å². The second-order valence-electron chi connectivity index (χ2n) is 9.95. The third-order valence-corrected chi connectivity index (χ3v) is 8.25. The Labute approximate surface area is 257 Å². The van der Waals surface area contributed by atoms with Crippen molar-refractivity contribution in [3.63, 3.8) is 0 Å². The molecule has 0 saturated heterocycles. The number of benzene rings is 3. The molecule has 1 N–H and O–H groups in total. The number of sulfonamides is 1. The molecule has 3 rings (SSSR count). The summed E-state index contributed by atoms with van der Waals surface area (Å²) in [6.45, 7) is 3.05. The number of hydrogen-bond acceptors (Lipinski definition) is 6. The van der Waals surface area contributed by atoms with E-state index in [1.807, 2.05) is 44.2 Å². The summed E-state index contributed by atoms with van der Waals surface area (Å²) in [5.74, 6) is -0.280. The highest BCUT2D eigenvalue weighted by Crippen LogP contribution is 2.32. The van der Waals surface area contributed by atoms with Gasteiger partial charge in [0.1, 0.15) is 12.6 Å². The minimum absolute atomic E-state index is 0.0255. The van der Waals surface area contributed by atoms with Crippen LogP contribution in [-0.4, -0.2) is 64.2 Å². The Morgan fingerprint density at radius 2 is 1.55 bits per heavy atom. The molecule has 12 heteroatoms. The maximum absolute atomic E-state index is 14.2. The molecular formula is C30H35Cl2N3O6S. The van der Waals surface area contributed by atoms with Gasteiger partial charge in [-0.1, -0.05) is 59.6 Å². The van der Waals surface area contributed by atoms with Crippen LogP contribution in [0.4, 0.5) is 5.69 Å². The van der Waals surface area contributed by atoms with Crippen molar-refractivity contribution >= 4 is 50.7 Å². The normalized spacial score (nSPS) is 12.0. The van der Waals surface area contributed by atoms with Crippen molar-refractivity contribution < 1.29 is 27.5 Å². The lowest BCUT2D eigenvalue weighted by atomic mass is 10.0. The standard InChI is InChI=1S/C30H35Cl2N3O6S/c1-20(2)33-30(37)26(16-21-9-7-6-8-10-21)34(18-22-11-13-24(31)25(32)15-22)29(36)19-35(42(5,38)39)23-12-14-27(40-3)28(17-23)41-4/h6-15,17,20,26H,16,18-19H2,1-5H3,(H,33,37)/t26-/m1/s1. The number of methoxy groups -OCH3 is 2. The van der Waals surface area contributed by atoms with Gasteiger partial charge in [-0.25, -0.2) is 8.42 Å². The van der Waals surface area contributed by atoms with Crippen LogP contribution in [0.25, 0.3) is 0 Å². The highest BCUT2D eigenvalue weighted by molar-refractivity contribution is 7.92. The Morgan fingerprint density at radius 3 is 2.12 bits per heavy atom. The average Bonchev–Trinajstić information content (AvgIpc) is 2.94. The lowest BCUT2D eigenvalue weighted by Gasteiger charge is -2.34. The quantitative estimate of drug-likeness (QED) is 0.285. The number of ether oxygens (including phenoxy) is 2. The van der Waals surface area contributed by atoms with Crippen LogP contribution in [0.15, 0.2) is 66.7 Å². The summed E-state index contributed by atoms with van der Waals surface area (Å²) in [7, 11) is -1.06. The van der Waals surface area contributed by atoms with Gasteiger partial charge in [0.2, 0.25) is 21.8 Å². The number of amides is 2. The molecule has 0 heterocycles. The second kappa shape index (κ2) is 14.6. The van der Waals surface area contributed by atoms with Gasteiger partial charge in [0, 0.05) is 25.1 Å². The molecule has 0 spiro atoms. The third-order valence-electron chi connectivity index (χ3n) is 6.37. The van der Waals surface area contributed by atoms with Crippen LogP contribution in [0.5, 0.6) is 11.5 Å².